The summed E-state index contributed by atoms with van der Waals surface area (Å²) in [7, 11) is 0. The second kappa shape index (κ2) is 33.3. The Balaban J connectivity index is -0.000000260. The van der Waals surface area contributed by atoms with Crippen molar-refractivity contribution in [3.63, 3.8) is 0 Å². The molecule has 4 aromatic heterocycles. The largest absolute Gasteiger partial charge is 1.00 e. The first-order valence-electron chi connectivity index (χ1n) is 13.0. The molecule has 4 aromatic rings. The number of anilines is 4. The molecule has 20 nitrogen and oxygen atoms in total. The summed E-state index contributed by atoms with van der Waals surface area (Å²) in [6.07, 6.45) is 13.0. The minimum atomic E-state index is -1.75. The summed E-state index contributed by atoms with van der Waals surface area (Å²) in [6, 6.07) is 13.9. The molecule has 0 aromatic carbocycles. The number of carbonyl (C=O) groups excluding carboxylic acids is 4. The molecule has 276 valence electrons. The molecule has 0 atom stereocenters. The summed E-state index contributed by atoms with van der Waals surface area (Å²) >= 11 is 0. The van der Waals surface area contributed by atoms with Crippen LogP contribution in [0.15, 0.2) is 98.1 Å². The van der Waals surface area contributed by atoms with Gasteiger partial charge in [-0.05, 0) is 48.5 Å². The smallest absolute Gasteiger partial charge is 0.356 e. The van der Waals surface area contributed by atoms with Gasteiger partial charge < -0.3 is 51.9 Å². The zero-order valence-corrected chi connectivity index (χ0v) is 29.6. The number of nitrogens with zero attached hydrogens (tertiary/aromatic N) is 6. The van der Waals surface area contributed by atoms with Gasteiger partial charge in [0.25, 0.3) is 0 Å². The molecule has 50 heavy (non-hydrogen) atoms. The predicted octanol–water partition coefficient (Wildman–Crippen LogP) is 3.68. The summed E-state index contributed by atoms with van der Waals surface area (Å²) in [5, 5.41) is 40.0. The molecule has 4 N–H and O–H groups in total. The van der Waals surface area contributed by atoms with Crippen molar-refractivity contribution in [3.05, 3.63) is 129 Å². The van der Waals surface area contributed by atoms with Crippen LogP contribution in [0, 0.1) is 30.6 Å². The van der Waals surface area contributed by atoms with E-state index < -0.39 is 10.2 Å². The van der Waals surface area contributed by atoms with Crippen molar-refractivity contribution in [3.8, 4) is 0 Å². The molecule has 0 aliphatic heterocycles. The van der Waals surface area contributed by atoms with Crippen LogP contribution in [0.1, 0.15) is 27.7 Å². The molecule has 0 spiro atoms. The molecule has 4 heterocycles. The average Bonchev–Trinajstić information content (AvgIpc) is 2.98. The van der Waals surface area contributed by atoms with Gasteiger partial charge in [-0.25, -0.2) is 0 Å². The molecule has 0 fully saturated rings. The average molecular weight is 884 g/mol. The molecule has 0 bridgehead atoms. The van der Waals surface area contributed by atoms with Crippen LogP contribution in [0.25, 0.3) is 0 Å². The Morgan fingerprint density at radius 2 is 0.540 bits per heavy atom. The van der Waals surface area contributed by atoms with Crippen LogP contribution >= 0.6 is 0 Å². The van der Waals surface area contributed by atoms with Gasteiger partial charge in [-0.3, -0.25) is 39.1 Å². The summed E-state index contributed by atoms with van der Waals surface area (Å²) in [6.45, 7) is 5.89. The summed E-state index contributed by atoms with van der Waals surface area (Å²) < 4.78 is 0. The standard InChI is InChI=1S/4C7H8N2O.2Ag.2NO3/c4*1-6(10)9-7-2-4-8-5-3-7;;;2*2-1(3)4/h4*2-5H,1H3,(H,8,9,10);;;;/q;;;;2*+1;2*-1. The van der Waals surface area contributed by atoms with Gasteiger partial charge >= 0.3 is 44.8 Å². The predicted molar refractivity (Wildman–Crippen MR) is 175 cm³/mol. The molecule has 4 rings (SSSR count). The van der Waals surface area contributed by atoms with E-state index in [1.165, 1.54) is 27.7 Å². The quantitative estimate of drug-likeness (QED) is 0.129. The summed E-state index contributed by atoms with van der Waals surface area (Å²) in [4.78, 5) is 73.6. The second-order valence-corrected chi connectivity index (χ2v) is 8.12. The number of amides is 4. The Labute approximate surface area is 316 Å². The Hall–Kier alpha value is -5.64. The zero-order valence-electron chi connectivity index (χ0n) is 26.6. The van der Waals surface area contributed by atoms with Gasteiger partial charge in [0.15, 0.2) is 0 Å². The molecule has 4 amide bonds. The fourth-order valence-electron chi connectivity index (χ4n) is 2.55. The van der Waals surface area contributed by atoms with Gasteiger partial charge in [0, 0.05) is 100 Å². The van der Waals surface area contributed by atoms with Gasteiger partial charge in [0.1, 0.15) is 0 Å². The third-order valence-electron chi connectivity index (χ3n) is 4.00. The van der Waals surface area contributed by atoms with Gasteiger partial charge in [0.2, 0.25) is 23.6 Å². The van der Waals surface area contributed by atoms with Crippen LogP contribution in [0.5, 0.6) is 0 Å². The first-order chi connectivity index (χ1) is 22.6. The van der Waals surface area contributed by atoms with Crippen LogP contribution < -0.4 is 21.3 Å². The molecule has 0 aliphatic rings. The van der Waals surface area contributed by atoms with Crippen LogP contribution in [0.3, 0.4) is 0 Å². The topological polar surface area (TPSA) is 300 Å². The van der Waals surface area contributed by atoms with Crippen molar-refractivity contribution in [1.82, 2.24) is 19.9 Å². The van der Waals surface area contributed by atoms with Crippen molar-refractivity contribution in [2.45, 2.75) is 27.7 Å². The Morgan fingerprint density at radius 3 is 0.640 bits per heavy atom. The van der Waals surface area contributed by atoms with Crippen molar-refractivity contribution < 1.29 is 74.1 Å². The van der Waals surface area contributed by atoms with Crippen LogP contribution in [-0.2, 0) is 63.9 Å². The van der Waals surface area contributed by atoms with E-state index in [-0.39, 0.29) is 68.4 Å². The number of hydrogen-bond acceptors (Lipinski definition) is 14. The van der Waals surface area contributed by atoms with E-state index >= 15 is 0 Å². The number of nitrogens with one attached hydrogen (secondary N) is 4. The summed E-state index contributed by atoms with van der Waals surface area (Å²) in [5.41, 5.74) is 3.12. The number of rotatable bonds is 4. The van der Waals surface area contributed by atoms with Gasteiger partial charge in [-0.2, -0.15) is 0 Å². The number of pyridine rings is 4. The maximum Gasteiger partial charge on any atom is 1.00 e. The molecule has 0 saturated heterocycles. The number of aromatic nitrogens is 4. The monoisotopic (exact) mass is 882 g/mol. The fraction of sp³-hybridized carbons (Fsp3) is 0.143. The molecule has 22 heteroatoms. The summed E-state index contributed by atoms with van der Waals surface area (Å²) in [5.74, 6) is -0.255. The van der Waals surface area contributed by atoms with Gasteiger partial charge in [0.05, 0.1) is 10.2 Å². The van der Waals surface area contributed by atoms with Crippen molar-refractivity contribution in [2.75, 3.05) is 21.3 Å². The van der Waals surface area contributed by atoms with E-state index in [4.69, 9.17) is 30.6 Å². The maximum atomic E-state index is 10.5. The molecule has 0 saturated carbocycles. The van der Waals surface area contributed by atoms with Crippen LogP contribution in [0.2, 0.25) is 0 Å². The zero-order chi connectivity index (χ0) is 36.7. The number of hydrogen-bond donors (Lipinski definition) is 4. The fourth-order valence-corrected chi connectivity index (χ4v) is 2.55. The van der Waals surface area contributed by atoms with E-state index in [0.717, 1.165) is 22.7 Å². The minimum absolute atomic E-state index is 0. The van der Waals surface area contributed by atoms with E-state index in [1.54, 1.807) is 98.1 Å². The molecule has 0 unspecified atom stereocenters. The Kier molecular flexibility index (Phi) is 34.1. The molecular weight excluding hydrogens is 852 g/mol. The SMILES string of the molecule is CC(=O)Nc1ccncc1.CC(=O)Nc1ccncc1.CC(=O)Nc1ccncc1.CC(=O)Nc1ccncc1.O=[N+]([O-])[O-].O=[N+]([O-])[O-].[Ag+].[Ag+]. The number of carbonyl (C=O) groups is 4. The third kappa shape index (κ3) is 40.4. The van der Waals surface area contributed by atoms with Gasteiger partial charge in [-0.1, -0.05) is 0 Å². The molecule has 0 radical (unpaired) electrons. The van der Waals surface area contributed by atoms with E-state index in [9.17, 15) is 19.2 Å². The normalized spacial score (nSPS) is 8.08. The van der Waals surface area contributed by atoms with Crippen molar-refractivity contribution >= 4 is 46.4 Å². The van der Waals surface area contributed by atoms with Crippen molar-refractivity contribution in [1.29, 1.82) is 0 Å². The first kappa shape index (κ1) is 51.2. The van der Waals surface area contributed by atoms with Crippen LogP contribution in [-0.4, -0.2) is 53.7 Å². The maximum absolute atomic E-state index is 10.5. The van der Waals surface area contributed by atoms with Crippen molar-refractivity contribution in [2.24, 2.45) is 0 Å². The Bertz CT molecular complexity index is 1290. The second-order valence-electron chi connectivity index (χ2n) is 8.12. The third-order valence-corrected chi connectivity index (χ3v) is 4.00. The first-order valence-corrected chi connectivity index (χ1v) is 13.0. The molecular formula is C28H32Ag2N10O10. The van der Waals surface area contributed by atoms with E-state index in [1.807, 2.05) is 0 Å². The molecule has 0 aliphatic carbocycles. The van der Waals surface area contributed by atoms with E-state index in [0.29, 0.717) is 0 Å². The Morgan fingerprint density at radius 1 is 0.420 bits per heavy atom. The van der Waals surface area contributed by atoms with Crippen LogP contribution in [0.4, 0.5) is 22.7 Å². The minimum Gasteiger partial charge on any atom is -0.356 e. The van der Waals surface area contributed by atoms with Gasteiger partial charge in [-0.15, -0.1) is 0 Å². The van der Waals surface area contributed by atoms with E-state index in [2.05, 4.69) is 41.2 Å².